The summed E-state index contributed by atoms with van der Waals surface area (Å²) >= 11 is 0. The summed E-state index contributed by atoms with van der Waals surface area (Å²) in [6.45, 7) is 0.514. The molecule has 0 aromatic heterocycles. The van der Waals surface area contributed by atoms with Gasteiger partial charge in [0.05, 0.1) is 0 Å². The van der Waals surface area contributed by atoms with Crippen LogP contribution in [0.4, 0.5) is 4.79 Å². The van der Waals surface area contributed by atoms with Crippen molar-refractivity contribution in [1.29, 1.82) is 0 Å². The highest BCUT2D eigenvalue weighted by Gasteiger charge is 2.18. The first-order chi connectivity index (χ1) is 8.63. The van der Waals surface area contributed by atoms with E-state index in [4.69, 9.17) is 11.5 Å². The van der Waals surface area contributed by atoms with Crippen LogP contribution in [-0.2, 0) is 4.79 Å². The maximum absolute atomic E-state index is 11.4. The number of nitrogens with one attached hydrogen (secondary N) is 2. The zero-order valence-corrected chi connectivity index (χ0v) is 10.2. The Hall–Kier alpha value is -1.96. The molecule has 0 spiro atoms. The molecule has 1 aliphatic carbocycles. The van der Waals surface area contributed by atoms with Gasteiger partial charge in [-0.3, -0.25) is 0 Å². The lowest BCUT2D eigenvalue weighted by Crippen LogP contribution is -2.46. The lowest BCUT2D eigenvalue weighted by Gasteiger charge is -2.12. The van der Waals surface area contributed by atoms with E-state index in [2.05, 4.69) is 22.6 Å². The van der Waals surface area contributed by atoms with Crippen molar-refractivity contribution in [3.8, 4) is 12.3 Å². The second-order valence-corrected chi connectivity index (χ2v) is 4.20. The van der Waals surface area contributed by atoms with Crippen LogP contribution in [0, 0.1) is 12.3 Å². The van der Waals surface area contributed by atoms with E-state index >= 15 is 0 Å². The Morgan fingerprint density at radius 2 is 2.33 bits per heavy atom. The van der Waals surface area contributed by atoms with Crippen molar-refractivity contribution in [2.75, 3.05) is 6.54 Å². The number of terminal acetylenes is 1. The molecule has 0 aliphatic heterocycles. The quantitative estimate of drug-likeness (QED) is 0.490. The number of carbonyl (C=O) groups excluding carboxylic acids is 1. The van der Waals surface area contributed by atoms with Gasteiger partial charge in [0.15, 0.2) is 0 Å². The van der Waals surface area contributed by atoms with Gasteiger partial charge in [0.2, 0.25) is 0 Å². The molecule has 0 saturated heterocycles. The van der Waals surface area contributed by atoms with Crippen molar-refractivity contribution in [3.05, 3.63) is 11.6 Å². The van der Waals surface area contributed by atoms with Crippen LogP contribution in [-0.4, -0.2) is 29.7 Å². The predicted octanol–water partition coefficient (Wildman–Crippen LogP) is 1.26. The van der Waals surface area contributed by atoms with E-state index in [0.717, 1.165) is 19.3 Å². The van der Waals surface area contributed by atoms with Gasteiger partial charge in [0.25, 0.3) is 0 Å². The third-order valence-corrected chi connectivity index (χ3v) is 2.79. The lowest BCUT2D eigenvalue weighted by molar-refractivity contribution is -0.139. The summed E-state index contributed by atoms with van der Waals surface area (Å²) in [5.74, 6) is 1.10. The monoisotopic (exact) mass is 250 g/mol. The maximum Gasteiger partial charge on any atom is 0.327 e. The predicted molar refractivity (Wildman–Crippen MR) is 68.0 cm³/mol. The minimum Gasteiger partial charge on any atom is -0.480 e. The summed E-state index contributed by atoms with van der Waals surface area (Å²) in [4.78, 5) is 22.2. The fraction of sp³-hybridized carbons (Fsp3) is 0.538. The van der Waals surface area contributed by atoms with Crippen LogP contribution < -0.4 is 10.6 Å². The average molecular weight is 250 g/mol. The normalized spacial score (nSPS) is 15.4. The zero-order chi connectivity index (χ0) is 13.4. The summed E-state index contributed by atoms with van der Waals surface area (Å²) in [7, 11) is 0. The molecule has 2 amide bonds. The zero-order valence-electron chi connectivity index (χ0n) is 10.2. The number of urea groups is 1. The van der Waals surface area contributed by atoms with Crippen LogP contribution >= 0.6 is 0 Å². The molecule has 1 aliphatic rings. The first-order valence-corrected chi connectivity index (χ1v) is 6.02. The second kappa shape index (κ2) is 7.38. The van der Waals surface area contributed by atoms with Crippen LogP contribution in [0.5, 0.6) is 0 Å². The average Bonchev–Trinajstić information content (AvgIpc) is 2.81. The molecule has 0 fully saturated rings. The Kier molecular flexibility index (Phi) is 5.78. The van der Waals surface area contributed by atoms with E-state index in [1.807, 2.05) is 0 Å². The molecule has 98 valence electrons. The molecule has 0 bridgehead atoms. The van der Waals surface area contributed by atoms with Gasteiger partial charge >= 0.3 is 12.0 Å². The summed E-state index contributed by atoms with van der Waals surface area (Å²) in [6.07, 6.45) is 11.4. The molecule has 1 atom stereocenters. The first-order valence-electron chi connectivity index (χ1n) is 6.02. The summed E-state index contributed by atoms with van der Waals surface area (Å²) in [6, 6.07) is -1.52. The Bertz CT molecular complexity index is 382. The van der Waals surface area contributed by atoms with Crippen molar-refractivity contribution in [2.45, 2.75) is 38.1 Å². The SMILES string of the molecule is C#CCC(NC(=O)NCCC1=CCCC1)C(=O)O. The third-order valence-electron chi connectivity index (χ3n) is 2.79. The van der Waals surface area contributed by atoms with Crippen molar-refractivity contribution in [2.24, 2.45) is 0 Å². The Morgan fingerprint density at radius 3 is 2.89 bits per heavy atom. The maximum atomic E-state index is 11.4. The number of hydrogen-bond donors (Lipinski definition) is 3. The van der Waals surface area contributed by atoms with Crippen LogP contribution in [0.1, 0.15) is 32.1 Å². The van der Waals surface area contributed by atoms with Crippen LogP contribution in [0.2, 0.25) is 0 Å². The van der Waals surface area contributed by atoms with Crippen molar-refractivity contribution in [1.82, 2.24) is 10.6 Å². The number of hydrogen-bond acceptors (Lipinski definition) is 2. The highest BCUT2D eigenvalue weighted by molar-refractivity contribution is 5.82. The Balaban J connectivity index is 2.23. The number of carboxylic acid groups (broad SMARTS) is 1. The fourth-order valence-electron chi connectivity index (χ4n) is 1.83. The molecule has 3 N–H and O–H groups in total. The van der Waals surface area contributed by atoms with Gasteiger partial charge in [-0.05, 0) is 25.7 Å². The first kappa shape index (κ1) is 14.1. The Labute approximate surface area is 107 Å². The molecular formula is C13H18N2O3. The Morgan fingerprint density at radius 1 is 1.56 bits per heavy atom. The molecule has 0 saturated carbocycles. The van der Waals surface area contributed by atoms with Crippen LogP contribution in [0.3, 0.4) is 0 Å². The topological polar surface area (TPSA) is 78.4 Å². The van der Waals surface area contributed by atoms with Crippen LogP contribution in [0.15, 0.2) is 11.6 Å². The van der Waals surface area contributed by atoms with E-state index in [0.29, 0.717) is 6.54 Å². The molecule has 18 heavy (non-hydrogen) atoms. The van der Waals surface area contributed by atoms with Crippen molar-refractivity contribution < 1.29 is 14.7 Å². The van der Waals surface area contributed by atoms with Gasteiger partial charge in [-0.2, -0.15) is 0 Å². The van der Waals surface area contributed by atoms with Gasteiger partial charge in [-0.25, -0.2) is 9.59 Å². The molecule has 1 rings (SSSR count). The molecule has 5 heteroatoms. The van der Waals surface area contributed by atoms with E-state index in [1.165, 1.54) is 12.0 Å². The van der Waals surface area contributed by atoms with Crippen molar-refractivity contribution >= 4 is 12.0 Å². The number of amides is 2. The summed E-state index contributed by atoms with van der Waals surface area (Å²) in [5.41, 5.74) is 1.36. The number of allylic oxidation sites excluding steroid dienone is 1. The number of rotatable bonds is 6. The minimum absolute atomic E-state index is 0.0199. The summed E-state index contributed by atoms with van der Waals surface area (Å²) < 4.78 is 0. The molecule has 0 heterocycles. The number of aliphatic carboxylic acids is 1. The molecule has 5 nitrogen and oxygen atoms in total. The van der Waals surface area contributed by atoms with E-state index in [1.54, 1.807) is 0 Å². The molecule has 0 aromatic carbocycles. The number of carbonyl (C=O) groups is 2. The molecule has 0 radical (unpaired) electrons. The van der Waals surface area contributed by atoms with Gasteiger partial charge in [0, 0.05) is 13.0 Å². The van der Waals surface area contributed by atoms with Gasteiger partial charge in [-0.1, -0.05) is 11.6 Å². The largest absolute Gasteiger partial charge is 0.480 e. The second-order valence-electron chi connectivity index (χ2n) is 4.20. The highest BCUT2D eigenvalue weighted by atomic mass is 16.4. The molecular weight excluding hydrogens is 232 g/mol. The van der Waals surface area contributed by atoms with Gasteiger partial charge in [0.1, 0.15) is 6.04 Å². The molecule has 0 aromatic rings. The van der Waals surface area contributed by atoms with E-state index < -0.39 is 18.0 Å². The summed E-state index contributed by atoms with van der Waals surface area (Å²) in [5, 5.41) is 13.8. The van der Waals surface area contributed by atoms with Crippen molar-refractivity contribution in [3.63, 3.8) is 0 Å². The van der Waals surface area contributed by atoms with Gasteiger partial charge < -0.3 is 15.7 Å². The van der Waals surface area contributed by atoms with Gasteiger partial charge in [-0.15, -0.1) is 12.3 Å². The highest BCUT2D eigenvalue weighted by Crippen LogP contribution is 2.19. The standard InChI is InChI=1S/C13H18N2O3/c1-2-5-11(12(16)17)15-13(18)14-9-8-10-6-3-4-7-10/h1,6,11H,3-5,7-9H2,(H,16,17)(H2,14,15,18). The van der Waals surface area contributed by atoms with E-state index in [-0.39, 0.29) is 6.42 Å². The smallest absolute Gasteiger partial charge is 0.327 e. The minimum atomic E-state index is -1.12. The van der Waals surface area contributed by atoms with Crippen LogP contribution in [0.25, 0.3) is 0 Å². The fourth-order valence-corrected chi connectivity index (χ4v) is 1.83. The van der Waals surface area contributed by atoms with E-state index in [9.17, 15) is 9.59 Å². The molecule has 1 unspecified atom stereocenters. The number of carboxylic acids is 1. The lowest BCUT2D eigenvalue weighted by atomic mass is 10.2. The third kappa shape index (κ3) is 4.91.